The number of rotatable bonds is 19. The molecule has 1 N–H and O–H groups in total. The molecule has 0 aliphatic heterocycles. The third kappa shape index (κ3) is 10.2. The average Bonchev–Trinajstić information content (AvgIpc) is 3.46. The molecule has 0 aliphatic carbocycles. The first kappa shape index (κ1) is 33.8. The number of esters is 1. The predicted octanol–water partition coefficient (Wildman–Crippen LogP) is 2.04. The van der Waals surface area contributed by atoms with Gasteiger partial charge in [0.1, 0.15) is 18.3 Å². The van der Waals surface area contributed by atoms with E-state index in [9.17, 15) is 14.4 Å². The average molecular weight is 612 g/mol. The minimum Gasteiger partial charge on any atom is -0.489 e. The first-order valence-corrected chi connectivity index (χ1v) is 13.9. The first-order valence-electron chi connectivity index (χ1n) is 13.9. The van der Waals surface area contributed by atoms with Gasteiger partial charge in [-0.15, -0.1) is 0 Å². The molecule has 0 fully saturated rings. The number of azide groups is 1. The normalized spacial score (nSPS) is 11.4. The second kappa shape index (κ2) is 18.1. The van der Waals surface area contributed by atoms with Gasteiger partial charge < -0.3 is 33.6 Å². The van der Waals surface area contributed by atoms with E-state index in [1.165, 1.54) is 18.0 Å². The van der Waals surface area contributed by atoms with E-state index in [1.54, 1.807) is 61.3 Å². The lowest BCUT2D eigenvalue weighted by Crippen LogP contribution is -2.43. The van der Waals surface area contributed by atoms with Crippen molar-refractivity contribution in [2.24, 2.45) is 19.2 Å². The monoisotopic (exact) mass is 611 g/mol. The van der Waals surface area contributed by atoms with Crippen LogP contribution in [0.3, 0.4) is 0 Å². The van der Waals surface area contributed by atoms with Gasteiger partial charge in [-0.05, 0) is 28.8 Å². The largest absolute Gasteiger partial charge is 0.489 e. The molecule has 1 aromatic carbocycles. The topological polar surface area (TPSA) is 181 Å². The zero-order valence-corrected chi connectivity index (χ0v) is 25.0. The third-order valence-electron chi connectivity index (χ3n) is 6.38. The Bertz CT molecular complexity index is 1470. The van der Waals surface area contributed by atoms with Gasteiger partial charge in [0, 0.05) is 38.2 Å². The molecule has 0 saturated heterocycles. The Morgan fingerprint density at radius 2 is 1.66 bits per heavy atom. The Labute approximate surface area is 254 Å². The summed E-state index contributed by atoms with van der Waals surface area (Å²) in [6.07, 6.45) is 3.40. The number of nitrogens with zero attached hydrogens (tertiary/aromatic N) is 6. The fraction of sp³-hybridized carbons (Fsp3) is 0.448. The highest BCUT2D eigenvalue weighted by molar-refractivity contribution is 5.95. The second-order valence-electron chi connectivity index (χ2n) is 9.41. The third-order valence-corrected chi connectivity index (χ3v) is 6.38. The van der Waals surface area contributed by atoms with Crippen molar-refractivity contribution in [1.82, 2.24) is 19.7 Å². The molecule has 2 aromatic heterocycles. The van der Waals surface area contributed by atoms with Crippen LogP contribution < -0.4 is 15.6 Å². The summed E-state index contributed by atoms with van der Waals surface area (Å²) < 4.78 is 29.8. The van der Waals surface area contributed by atoms with Gasteiger partial charge in [0.25, 0.3) is 11.5 Å². The molecule has 236 valence electrons. The lowest BCUT2D eigenvalue weighted by Gasteiger charge is -2.17. The molecule has 3 rings (SSSR count). The fourth-order valence-corrected chi connectivity index (χ4v) is 4.11. The van der Waals surface area contributed by atoms with Crippen LogP contribution in [0, 0.1) is 0 Å². The molecule has 15 heteroatoms. The Morgan fingerprint density at radius 3 is 2.27 bits per heavy atom. The molecule has 0 unspecified atom stereocenters. The second-order valence-corrected chi connectivity index (χ2v) is 9.41. The standard InChI is InChI=1S/C29H37N7O8/c1-35-11-4-5-24(35)27(37)33-23(29(39)40-3)19-21-6-8-22(9-7-21)26-25(20-32-36(2)28(26)38)44-18-17-43-16-15-42-14-13-41-12-10-31-34-30/h4-9,11,20,23H,10,12-19H2,1-3H3,(H,33,37)/t23-/m0/s1. The minimum absolute atomic E-state index is 0.185. The van der Waals surface area contributed by atoms with Gasteiger partial charge in [-0.3, -0.25) is 9.59 Å². The van der Waals surface area contributed by atoms with Gasteiger partial charge in [-0.1, -0.05) is 29.4 Å². The number of methoxy groups -OCH3 is 1. The van der Waals surface area contributed by atoms with Crippen LogP contribution in [-0.2, 0) is 44.3 Å². The van der Waals surface area contributed by atoms with E-state index in [1.807, 2.05) is 0 Å². The number of ether oxygens (including phenoxy) is 5. The summed E-state index contributed by atoms with van der Waals surface area (Å²) in [4.78, 5) is 40.8. The SMILES string of the molecule is COC(=O)[C@H](Cc1ccc(-c2c(OCCOCCOCCOCCN=[N+]=[N-])cnn(C)c2=O)cc1)NC(=O)c1cccn1C. The van der Waals surface area contributed by atoms with E-state index < -0.39 is 17.9 Å². The molecule has 0 spiro atoms. The number of amides is 1. The van der Waals surface area contributed by atoms with Crippen molar-refractivity contribution >= 4 is 11.9 Å². The molecule has 0 bridgehead atoms. The van der Waals surface area contributed by atoms with Gasteiger partial charge in [0.05, 0.1) is 58.5 Å². The Kier molecular flexibility index (Phi) is 13.9. The highest BCUT2D eigenvalue weighted by Crippen LogP contribution is 2.26. The summed E-state index contributed by atoms with van der Waals surface area (Å²) in [5.74, 6) is -0.661. The lowest BCUT2D eigenvalue weighted by molar-refractivity contribution is -0.142. The van der Waals surface area contributed by atoms with Crippen LogP contribution in [0.2, 0.25) is 0 Å². The molecule has 1 amide bonds. The van der Waals surface area contributed by atoms with Crippen LogP contribution in [-0.4, -0.2) is 92.2 Å². The van der Waals surface area contributed by atoms with Crippen LogP contribution in [0.4, 0.5) is 0 Å². The number of aromatic nitrogens is 3. The van der Waals surface area contributed by atoms with Crippen LogP contribution in [0.5, 0.6) is 5.75 Å². The van der Waals surface area contributed by atoms with E-state index in [2.05, 4.69) is 20.4 Å². The van der Waals surface area contributed by atoms with E-state index in [0.29, 0.717) is 55.6 Å². The van der Waals surface area contributed by atoms with E-state index in [4.69, 9.17) is 29.2 Å². The molecule has 44 heavy (non-hydrogen) atoms. The highest BCUT2D eigenvalue weighted by atomic mass is 16.6. The molecule has 0 radical (unpaired) electrons. The molecular formula is C29H37N7O8. The molecule has 0 saturated carbocycles. The maximum atomic E-state index is 13.0. The summed E-state index contributed by atoms with van der Waals surface area (Å²) in [6, 6.07) is 9.54. The van der Waals surface area contributed by atoms with Gasteiger partial charge in [0.2, 0.25) is 0 Å². The molecule has 2 heterocycles. The van der Waals surface area contributed by atoms with Gasteiger partial charge >= 0.3 is 5.97 Å². The number of aryl methyl sites for hydroxylation is 2. The molecule has 0 aliphatic rings. The number of carbonyl (C=O) groups excluding carboxylic acids is 2. The summed E-state index contributed by atoms with van der Waals surface area (Å²) in [6.45, 7) is 2.58. The molecule has 3 aromatic rings. The smallest absolute Gasteiger partial charge is 0.328 e. The van der Waals surface area contributed by atoms with Crippen molar-refractivity contribution in [2.75, 3.05) is 59.9 Å². The lowest BCUT2D eigenvalue weighted by atomic mass is 10.0. The summed E-state index contributed by atoms with van der Waals surface area (Å²) in [5, 5.41) is 10.2. The van der Waals surface area contributed by atoms with Crippen molar-refractivity contribution < 1.29 is 33.3 Å². The number of carbonyl (C=O) groups is 2. The number of hydrogen-bond acceptors (Lipinski definition) is 10. The summed E-state index contributed by atoms with van der Waals surface area (Å²) in [7, 11) is 4.56. The van der Waals surface area contributed by atoms with Crippen molar-refractivity contribution in [3.63, 3.8) is 0 Å². The van der Waals surface area contributed by atoms with Crippen molar-refractivity contribution in [3.05, 3.63) is 80.8 Å². The quantitative estimate of drug-likeness (QED) is 0.0697. The molecule has 15 nitrogen and oxygen atoms in total. The summed E-state index contributed by atoms with van der Waals surface area (Å²) in [5.41, 5.74) is 9.96. The van der Waals surface area contributed by atoms with E-state index >= 15 is 0 Å². The number of nitrogens with one attached hydrogen (secondary N) is 1. The maximum absolute atomic E-state index is 13.0. The van der Waals surface area contributed by atoms with E-state index in [0.717, 1.165) is 5.56 Å². The predicted molar refractivity (Wildman–Crippen MR) is 159 cm³/mol. The van der Waals surface area contributed by atoms with Crippen LogP contribution in [0.1, 0.15) is 16.1 Å². The Hall–Kier alpha value is -4.69. The molecular weight excluding hydrogens is 574 g/mol. The Balaban J connectivity index is 1.54. The van der Waals surface area contributed by atoms with Gasteiger partial charge in [-0.2, -0.15) is 5.10 Å². The van der Waals surface area contributed by atoms with Crippen molar-refractivity contribution in [3.8, 4) is 16.9 Å². The highest BCUT2D eigenvalue weighted by Gasteiger charge is 2.24. The zero-order valence-electron chi connectivity index (χ0n) is 25.0. The minimum atomic E-state index is -0.907. The van der Waals surface area contributed by atoms with Crippen LogP contribution in [0.25, 0.3) is 21.6 Å². The van der Waals surface area contributed by atoms with E-state index in [-0.39, 0.29) is 31.7 Å². The first-order chi connectivity index (χ1) is 21.3. The van der Waals surface area contributed by atoms with Crippen LogP contribution >= 0.6 is 0 Å². The van der Waals surface area contributed by atoms with Crippen molar-refractivity contribution in [2.45, 2.75) is 12.5 Å². The van der Waals surface area contributed by atoms with Crippen LogP contribution in [0.15, 0.2) is 58.7 Å². The number of benzene rings is 1. The fourth-order valence-electron chi connectivity index (χ4n) is 4.11. The Morgan fingerprint density at radius 1 is 1.00 bits per heavy atom. The molecule has 1 atom stereocenters. The van der Waals surface area contributed by atoms with Gasteiger partial charge in [0.15, 0.2) is 5.75 Å². The van der Waals surface area contributed by atoms with Gasteiger partial charge in [-0.25, -0.2) is 9.48 Å². The summed E-state index contributed by atoms with van der Waals surface area (Å²) >= 11 is 0. The zero-order chi connectivity index (χ0) is 31.7. The van der Waals surface area contributed by atoms with Crippen molar-refractivity contribution in [1.29, 1.82) is 0 Å². The maximum Gasteiger partial charge on any atom is 0.328 e. The number of hydrogen-bond donors (Lipinski definition) is 1.